The lowest BCUT2D eigenvalue weighted by atomic mass is 9.98. The van der Waals surface area contributed by atoms with E-state index in [0.717, 1.165) is 13.1 Å². The van der Waals surface area contributed by atoms with Crippen molar-refractivity contribution in [3.8, 4) is 11.8 Å². The molecular formula is C24H31NO3. The maximum absolute atomic E-state index is 9.45. The number of aliphatic hydroxyl groups is 1. The monoisotopic (exact) mass is 381 g/mol. The maximum atomic E-state index is 9.45. The molecule has 0 amide bonds. The molecule has 150 valence electrons. The van der Waals surface area contributed by atoms with Crippen LogP contribution in [0.5, 0.6) is 0 Å². The summed E-state index contributed by atoms with van der Waals surface area (Å²) in [5.74, 6) is 5.15. The van der Waals surface area contributed by atoms with Gasteiger partial charge in [0.05, 0.1) is 0 Å². The summed E-state index contributed by atoms with van der Waals surface area (Å²) in [5, 5.41) is 18.4. The van der Waals surface area contributed by atoms with E-state index in [0.29, 0.717) is 0 Å². The first-order valence-electron chi connectivity index (χ1n) is 9.34. The third-order valence-electron chi connectivity index (χ3n) is 3.74. The van der Waals surface area contributed by atoms with E-state index in [9.17, 15) is 4.79 Å². The number of likely N-dealkylation sites (N-methyl/N-ethyl adjacent to an activating group) is 1. The second-order valence-corrected chi connectivity index (χ2v) is 7.77. The van der Waals surface area contributed by atoms with Crippen molar-refractivity contribution in [3.05, 3.63) is 60.2 Å². The Morgan fingerprint density at radius 2 is 1.79 bits per heavy atom. The molecule has 4 nitrogen and oxygen atoms in total. The number of hydrogen-bond acceptors (Lipinski definition) is 3. The van der Waals surface area contributed by atoms with Crippen LogP contribution in [-0.4, -0.2) is 40.8 Å². The zero-order valence-electron chi connectivity index (χ0n) is 17.4. The molecule has 0 fully saturated rings. The fourth-order valence-electron chi connectivity index (χ4n) is 2.34. The lowest BCUT2D eigenvalue weighted by molar-refractivity contribution is -0.145. The number of benzene rings is 2. The third kappa shape index (κ3) is 9.36. The Balaban J connectivity index is 0.000000568. The highest BCUT2D eigenvalue weighted by molar-refractivity contribution is 5.85. The van der Waals surface area contributed by atoms with Crippen molar-refractivity contribution < 1.29 is 15.0 Å². The first kappa shape index (κ1) is 23.4. The summed E-state index contributed by atoms with van der Waals surface area (Å²) < 4.78 is 0. The molecule has 0 heterocycles. The van der Waals surface area contributed by atoms with Gasteiger partial charge in [0.1, 0.15) is 6.10 Å². The van der Waals surface area contributed by atoms with Crippen LogP contribution in [0.25, 0.3) is 10.8 Å². The van der Waals surface area contributed by atoms with Crippen LogP contribution in [-0.2, 0) is 11.3 Å². The SMILES string of the molecule is CC(O)C(=O)O.CN(C/C=C/C#CC(C)(C)C)Cc1cccc2ccccc12. The van der Waals surface area contributed by atoms with Crippen LogP contribution in [0.4, 0.5) is 0 Å². The number of nitrogens with zero attached hydrogens (tertiary/aromatic N) is 1. The van der Waals surface area contributed by atoms with Gasteiger partial charge < -0.3 is 10.2 Å². The molecule has 0 aliphatic carbocycles. The van der Waals surface area contributed by atoms with Crippen molar-refractivity contribution in [1.82, 2.24) is 4.90 Å². The quantitative estimate of drug-likeness (QED) is 0.757. The molecule has 2 aromatic carbocycles. The molecule has 1 unspecified atom stereocenters. The van der Waals surface area contributed by atoms with Crippen molar-refractivity contribution in [3.63, 3.8) is 0 Å². The van der Waals surface area contributed by atoms with E-state index < -0.39 is 12.1 Å². The van der Waals surface area contributed by atoms with Crippen LogP contribution < -0.4 is 0 Å². The van der Waals surface area contributed by atoms with E-state index in [2.05, 4.69) is 93.1 Å². The zero-order valence-corrected chi connectivity index (χ0v) is 17.4. The number of carboxylic acids is 1. The van der Waals surface area contributed by atoms with Gasteiger partial charge in [-0.3, -0.25) is 4.90 Å². The molecule has 0 bridgehead atoms. The minimum atomic E-state index is -1.23. The zero-order chi connectivity index (χ0) is 21.2. The summed E-state index contributed by atoms with van der Waals surface area (Å²) in [5.41, 5.74) is 1.44. The molecule has 4 heteroatoms. The van der Waals surface area contributed by atoms with Gasteiger partial charge in [-0.2, -0.15) is 0 Å². The molecule has 2 aromatic rings. The lowest BCUT2D eigenvalue weighted by Gasteiger charge is -2.15. The molecule has 0 aliphatic rings. The lowest BCUT2D eigenvalue weighted by Crippen LogP contribution is -2.17. The Morgan fingerprint density at radius 1 is 1.18 bits per heavy atom. The molecular weight excluding hydrogens is 350 g/mol. The summed E-state index contributed by atoms with van der Waals surface area (Å²) in [6, 6.07) is 15.1. The number of allylic oxidation sites excluding steroid dienone is 1. The molecule has 0 spiro atoms. The number of hydrogen-bond donors (Lipinski definition) is 2. The second-order valence-electron chi connectivity index (χ2n) is 7.77. The van der Waals surface area contributed by atoms with Crippen molar-refractivity contribution in [1.29, 1.82) is 0 Å². The summed E-state index contributed by atoms with van der Waals surface area (Å²) in [6.45, 7) is 9.42. The first-order valence-corrected chi connectivity index (χ1v) is 9.34. The van der Waals surface area contributed by atoms with Gasteiger partial charge >= 0.3 is 5.97 Å². The van der Waals surface area contributed by atoms with Gasteiger partial charge in [0.15, 0.2) is 0 Å². The summed E-state index contributed by atoms with van der Waals surface area (Å²) in [7, 11) is 2.14. The Morgan fingerprint density at radius 3 is 2.39 bits per heavy atom. The number of aliphatic hydroxyl groups excluding tert-OH is 1. The van der Waals surface area contributed by atoms with Crippen LogP contribution in [0.15, 0.2) is 54.6 Å². The fourth-order valence-corrected chi connectivity index (χ4v) is 2.34. The van der Waals surface area contributed by atoms with Crippen LogP contribution in [0.2, 0.25) is 0 Å². The van der Waals surface area contributed by atoms with Crippen molar-refractivity contribution in [2.24, 2.45) is 5.41 Å². The minimum absolute atomic E-state index is 0.0686. The van der Waals surface area contributed by atoms with E-state index in [-0.39, 0.29) is 5.41 Å². The maximum Gasteiger partial charge on any atom is 0.332 e. The van der Waals surface area contributed by atoms with Gasteiger partial charge in [0.25, 0.3) is 0 Å². The normalized spacial score (nSPS) is 12.2. The standard InChI is InChI=1S/C21H25N.C3H6O3/c1-21(2,3)15-8-5-9-16-22(4)17-19-13-10-12-18-11-6-7-14-20(18)19;1-2(4)3(5)6/h5-7,9-14H,16-17H2,1-4H3;2,4H,1H3,(H,5,6)/b9-5+;. The summed E-state index contributed by atoms with van der Waals surface area (Å²) >= 11 is 0. The van der Waals surface area contributed by atoms with Crippen LogP contribution in [0, 0.1) is 17.3 Å². The molecule has 0 saturated heterocycles. The Bertz CT molecular complexity index is 846. The molecule has 2 rings (SSSR count). The van der Waals surface area contributed by atoms with E-state index in [1.165, 1.54) is 23.3 Å². The molecule has 28 heavy (non-hydrogen) atoms. The van der Waals surface area contributed by atoms with Gasteiger partial charge in [-0.1, -0.05) is 60.4 Å². The molecule has 0 aromatic heterocycles. The molecule has 0 radical (unpaired) electrons. The average Bonchev–Trinajstić information content (AvgIpc) is 2.61. The number of fused-ring (bicyclic) bond motifs is 1. The predicted octanol–water partition coefficient (Wildman–Crippen LogP) is 4.33. The van der Waals surface area contributed by atoms with Crippen molar-refractivity contribution in [2.45, 2.75) is 40.3 Å². The van der Waals surface area contributed by atoms with Crippen molar-refractivity contribution in [2.75, 3.05) is 13.6 Å². The van der Waals surface area contributed by atoms with Gasteiger partial charge in [0.2, 0.25) is 0 Å². The Kier molecular flexibility index (Phi) is 9.44. The van der Waals surface area contributed by atoms with E-state index >= 15 is 0 Å². The largest absolute Gasteiger partial charge is 0.479 e. The highest BCUT2D eigenvalue weighted by Gasteiger charge is 2.04. The third-order valence-corrected chi connectivity index (χ3v) is 3.74. The smallest absolute Gasteiger partial charge is 0.332 e. The summed E-state index contributed by atoms with van der Waals surface area (Å²) in [4.78, 5) is 11.8. The Labute approximate surface area is 168 Å². The van der Waals surface area contributed by atoms with E-state index in [1.807, 2.05) is 6.08 Å². The van der Waals surface area contributed by atoms with Gasteiger partial charge in [-0.05, 0) is 57.2 Å². The van der Waals surface area contributed by atoms with Gasteiger partial charge in [-0.25, -0.2) is 4.79 Å². The highest BCUT2D eigenvalue weighted by Crippen LogP contribution is 2.19. The number of aliphatic carboxylic acids is 1. The number of carbonyl (C=O) groups is 1. The number of carboxylic acid groups (broad SMARTS) is 1. The van der Waals surface area contributed by atoms with Gasteiger partial charge in [-0.15, -0.1) is 0 Å². The van der Waals surface area contributed by atoms with E-state index in [4.69, 9.17) is 10.2 Å². The van der Waals surface area contributed by atoms with E-state index in [1.54, 1.807) is 0 Å². The topological polar surface area (TPSA) is 60.8 Å². The average molecular weight is 382 g/mol. The predicted molar refractivity (Wildman–Crippen MR) is 116 cm³/mol. The van der Waals surface area contributed by atoms with Crippen LogP contribution in [0.1, 0.15) is 33.3 Å². The minimum Gasteiger partial charge on any atom is -0.479 e. The first-order chi connectivity index (χ1) is 13.1. The van der Waals surface area contributed by atoms with Gasteiger partial charge in [0, 0.05) is 18.5 Å². The van der Waals surface area contributed by atoms with Crippen molar-refractivity contribution >= 4 is 16.7 Å². The second kappa shape index (κ2) is 11.3. The molecule has 0 saturated carbocycles. The van der Waals surface area contributed by atoms with Crippen LogP contribution >= 0.6 is 0 Å². The fraction of sp³-hybridized carbons (Fsp3) is 0.375. The number of rotatable bonds is 5. The Hall–Kier alpha value is -2.61. The summed E-state index contributed by atoms with van der Waals surface area (Å²) in [6.07, 6.45) is 2.86. The molecule has 0 aliphatic heterocycles. The molecule has 2 N–H and O–H groups in total. The molecule has 1 atom stereocenters. The highest BCUT2D eigenvalue weighted by atomic mass is 16.4. The van der Waals surface area contributed by atoms with Crippen LogP contribution in [0.3, 0.4) is 0 Å².